The van der Waals surface area contributed by atoms with Gasteiger partial charge in [0.1, 0.15) is 0 Å². The summed E-state index contributed by atoms with van der Waals surface area (Å²) in [4.78, 5) is 14.7. The van der Waals surface area contributed by atoms with Crippen molar-refractivity contribution in [2.45, 2.75) is 78.8 Å². The highest BCUT2D eigenvalue weighted by Crippen LogP contribution is 2.31. The van der Waals surface area contributed by atoms with Gasteiger partial charge in [0.15, 0.2) is 0 Å². The highest BCUT2D eigenvalue weighted by atomic mass is 16.2. The fraction of sp³-hybridized carbons (Fsp3) is 0.933. The molecule has 0 spiro atoms. The molecule has 0 aromatic rings. The van der Waals surface area contributed by atoms with Crippen LogP contribution in [0.2, 0.25) is 0 Å². The normalized spacial score (nSPS) is 25.7. The molecule has 1 fully saturated rings. The number of carbonyl (C=O) groups excluding carboxylic acids is 1. The molecule has 100 valence electrons. The van der Waals surface area contributed by atoms with Gasteiger partial charge in [-0.25, -0.2) is 0 Å². The quantitative estimate of drug-likeness (QED) is 0.729. The molecule has 0 saturated carbocycles. The van der Waals surface area contributed by atoms with Crippen molar-refractivity contribution in [1.82, 2.24) is 4.90 Å². The zero-order valence-electron chi connectivity index (χ0n) is 12.2. The summed E-state index contributed by atoms with van der Waals surface area (Å²) < 4.78 is 0. The van der Waals surface area contributed by atoms with Crippen LogP contribution in [-0.4, -0.2) is 22.9 Å². The fourth-order valence-corrected chi connectivity index (χ4v) is 3.02. The Kier molecular flexibility index (Phi) is 5.48. The molecule has 0 radical (unpaired) electrons. The molecule has 1 rings (SSSR count). The molecular weight excluding hydrogens is 210 g/mol. The molecule has 1 amide bonds. The predicted molar refractivity (Wildman–Crippen MR) is 72.9 cm³/mol. The third-order valence-corrected chi connectivity index (χ3v) is 3.93. The van der Waals surface area contributed by atoms with Gasteiger partial charge in [0.25, 0.3) is 0 Å². The third-order valence-electron chi connectivity index (χ3n) is 3.93. The van der Waals surface area contributed by atoms with E-state index in [1.54, 1.807) is 0 Å². The highest BCUT2D eigenvalue weighted by Gasteiger charge is 2.35. The van der Waals surface area contributed by atoms with Crippen molar-refractivity contribution >= 4 is 5.91 Å². The van der Waals surface area contributed by atoms with Gasteiger partial charge in [-0.1, -0.05) is 41.0 Å². The van der Waals surface area contributed by atoms with Gasteiger partial charge in [-0.05, 0) is 31.6 Å². The van der Waals surface area contributed by atoms with Gasteiger partial charge < -0.3 is 4.90 Å². The van der Waals surface area contributed by atoms with Crippen molar-refractivity contribution in [3.63, 3.8) is 0 Å². The van der Waals surface area contributed by atoms with Gasteiger partial charge in [-0.2, -0.15) is 0 Å². The maximum atomic E-state index is 12.4. The summed E-state index contributed by atoms with van der Waals surface area (Å²) in [5.74, 6) is 1.08. The second-order valence-electron chi connectivity index (χ2n) is 6.08. The Morgan fingerprint density at radius 3 is 2.35 bits per heavy atom. The molecule has 0 bridgehead atoms. The largest absolute Gasteiger partial charge is 0.336 e. The molecule has 0 aromatic heterocycles. The lowest BCUT2D eigenvalue weighted by Gasteiger charge is -2.45. The van der Waals surface area contributed by atoms with Crippen LogP contribution in [0.1, 0.15) is 66.7 Å². The number of rotatable bonds is 4. The molecule has 1 saturated heterocycles. The van der Waals surface area contributed by atoms with E-state index >= 15 is 0 Å². The molecule has 2 unspecified atom stereocenters. The van der Waals surface area contributed by atoms with Crippen LogP contribution in [0.15, 0.2) is 0 Å². The number of hydrogen-bond acceptors (Lipinski definition) is 1. The topological polar surface area (TPSA) is 20.3 Å². The van der Waals surface area contributed by atoms with Crippen LogP contribution in [0.25, 0.3) is 0 Å². The average molecular weight is 239 g/mol. The highest BCUT2D eigenvalue weighted by molar-refractivity contribution is 5.79. The predicted octanol–water partition coefficient (Wildman–Crippen LogP) is 3.85. The zero-order valence-corrected chi connectivity index (χ0v) is 12.2. The maximum absolute atomic E-state index is 12.4. The Bertz CT molecular complexity index is 245. The van der Waals surface area contributed by atoms with E-state index in [1.807, 2.05) is 13.8 Å². The third kappa shape index (κ3) is 3.46. The number of hydrogen-bond donors (Lipinski definition) is 0. The lowest BCUT2D eigenvalue weighted by atomic mass is 9.86. The van der Waals surface area contributed by atoms with Gasteiger partial charge in [0.05, 0.1) is 0 Å². The molecule has 2 heteroatoms. The van der Waals surface area contributed by atoms with Crippen molar-refractivity contribution in [3.8, 4) is 0 Å². The maximum Gasteiger partial charge on any atom is 0.225 e. The SMILES string of the molecule is CCCC1CCCC(C(C)C)N1C(=O)C(C)C. The van der Waals surface area contributed by atoms with E-state index in [1.165, 1.54) is 32.1 Å². The molecule has 0 aromatic carbocycles. The molecule has 0 aliphatic carbocycles. The van der Waals surface area contributed by atoms with Crippen LogP contribution in [0.4, 0.5) is 0 Å². The van der Waals surface area contributed by atoms with E-state index in [9.17, 15) is 4.79 Å². The van der Waals surface area contributed by atoms with E-state index < -0.39 is 0 Å². The number of carbonyl (C=O) groups is 1. The van der Waals surface area contributed by atoms with E-state index in [0.717, 1.165) is 0 Å². The van der Waals surface area contributed by atoms with Crippen LogP contribution in [-0.2, 0) is 4.79 Å². The molecule has 1 heterocycles. The summed E-state index contributed by atoms with van der Waals surface area (Å²) in [5.41, 5.74) is 0. The van der Waals surface area contributed by atoms with Crippen LogP contribution in [0.3, 0.4) is 0 Å². The number of nitrogens with zero attached hydrogens (tertiary/aromatic N) is 1. The Labute approximate surface area is 107 Å². The summed E-state index contributed by atoms with van der Waals surface area (Å²) >= 11 is 0. The summed E-state index contributed by atoms with van der Waals surface area (Å²) in [5, 5.41) is 0. The minimum absolute atomic E-state index is 0.133. The van der Waals surface area contributed by atoms with Crippen LogP contribution in [0.5, 0.6) is 0 Å². The van der Waals surface area contributed by atoms with Crippen LogP contribution in [0, 0.1) is 11.8 Å². The number of likely N-dealkylation sites (tertiary alicyclic amines) is 1. The second-order valence-corrected chi connectivity index (χ2v) is 6.08. The molecule has 0 N–H and O–H groups in total. The molecule has 17 heavy (non-hydrogen) atoms. The summed E-state index contributed by atoms with van der Waals surface area (Å²) in [6.07, 6.45) is 6.03. The first-order valence-corrected chi connectivity index (χ1v) is 7.31. The van der Waals surface area contributed by atoms with Gasteiger partial charge in [-0.15, -0.1) is 0 Å². The average Bonchev–Trinajstić information content (AvgIpc) is 2.28. The lowest BCUT2D eigenvalue weighted by molar-refractivity contribution is -0.143. The Balaban J connectivity index is 2.87. The lowest BCUT2D eigenvalue weighted by Crippen LogP contribution is -2.53. The molecule has 2 atom stereocenters. The van der Waals surface area contributed by atoms with E-state index in [-0.39, 0.29) is 5.92 Å². The van der Waals surface area contributed by atoms with Gasteiger partial charge in [-0.3, -0.25) is 4.79 Å². The molecule has 2 nitrogen and oxygen atoms in total. The summed E-state index contributed by atoms with van der Waals surface area (Å²) in [6, 6.07) is 0.964. The van der Waals surface area contributed by atoms with E-state index in [0.29, 0.717) is 23.9 Å². The Morgan fingerprint density at radius 1 is 1.24 bits per heavy atom. The minimum Gasteiger partial charge on any atom is -0.336 e. The molecule has 1 aliphatic heterocycles. The van der Waals surface area contributed by atoms with Crippen molar-refractivity contribution in [1.29, 1.82) is 0 Å². The van der Waals surface area contributed by atoms with Gasteiger partial charge in [0.2, 0.25) is 5.91 Å². The summed E-state index contributed by atoms with van der Waals surface area (Å²) in [7, 11) is 0. The first-order chi connectivity index (χ1) is 7.99. The second kappa shape index (κ2) is 6.42. The van der Waals surface area contributed by atoms with Gasteiger partial charge >= 0.3 is 0 Å². The molecule has 1 aliphatic rings. The number of piperidine rings is 1. The minimum atomic E-state index is 0.133. The first-order valence-electron chi connectivity index (χ1n) is 7.31. The van der Waals surface area contributed by atoms with Crippen molar-refractivity contribution < 1.29 is 4.79 Å². The van der Waals surface area contributed by atoms with Gasteiger partial charge in [0, 0.05) is 18.0 Å². The standard InChI is InChI=1S/C15H29NO/c1-6-8-13-9-7-10-14(11(2)3)16(13)15(17)12(4)5/h11-14H,6-10H2,1-5H3. The Morgan fingerprint density at radius 2 is 1.88 bits per heavy atom. The Hall–Kier alpha value is -0.530. The first kappa shape index (κ1) is 14.5. The summed E-state index contributed by atoms with van der Waals surface area (Å²) in [6.45, 7) is 10.8. The molecular formula is C15H29NO. The monoisotopic (exact) mass is 239 g/mol. The smallest absolute Gasteiger partial charge is 0.225 e. The van der Waals surface area contributed by atoms with E-state index in [2.05, 4.69) is 25.7 Å². The van der Waals surface area contributed by atoms with Crippen molar-refractivity contribution in [2.75, 3.05) is 0 Å². The zero-order chi connectivity index (χ0) is 13.0. The fourth-order valence-electron chi connectivity index (χ4n) is 3.02. The van der Waals surface area contributed by atoms with Crippen molar-refractivity contribution in [2.24, 2.45) is 11.8 Å². The number of amides is 1. The van der Waals surface area contributed by atoms with Crippen molar-refractivity contribution in [3.05, 3.63) is 0 Å². The van der Waals surface area contributed by atoms with Crippen LogP contribution >= 0.6 is 0 Å². The van der Waals surface area contributed by atoms with E-state index in [4.69, 9.17) is 0 Å². The van der Waals surface area contributed by atoms with Crippen LogP contribution < -0.4 is 0 Å².